The second kappa shape index (κ2) is 6.15. The Morgan fingerprint density at radius 1 is 1.50 bits per heavy atom. The van der Waals surface area contributed by atoms with Gasteiger partial charge in [-0.3, -0.25) is 4.79 Å². The molecule has 100 valence electrons. The molecule has 0 aliphatic rings. The van der Waals surface area contributed by atoms with Crippen molar-refractivity contribution < 1.29 is 4.79 Å². The molecule has 1 aromatic rings. The number of aromatic nitrogens is 2. The topological polar surface area (TPSA) is 96.2 Å². The van der Waals surface area contributed by atoms with Crippen LogP contribution in [0.3, 0.4) is 0 Å². The van der Waals surface area contributed by atoms with Crippen LogP contribution in [0.5, 0.6) is 0 Å². The lowest BCUT2D eigenvalue weighted by Gasteiger charge is -2.19. The van der Waals surface area contributed by atoms with Gasteiger partial charge in [-0.2, -0.15) is 0 Å². The Labute approximate surface area is 107 Å². The maximum absolute atomic E-state index is 11.6. The fraction of sp³-hybridized carbons (Fsp3) is 0.545. The Morgan fingerprint density at radius 2 is 2.17 bits per heavy atom. The molecule has 1 heterocycles. The molecule has 4 N–H and O–H groups in total. The highest BCUT2D eigenvalue weighted by molar-refractivity contribution is 5.81. The Hall–Kier alpha value is -1.89. The van der Waals surface area contributed by atoms with Crippen molar-refractivity contribution >= 4 is 17.5 Å². The zero-order valence-corrected chi connectivity index (χ0v) is 11.2. The highest BCUT2D eigenvalue weighted by Gasteiger charge is 2.11. The van der Waals surface area contributed by atoms with Crippen LogP contribution in [-0.2, 0) is 4.79 Å². The smallest absolute Gasteiger partial charge is 0.239 e. The van der Waals surface area contributed by atoms with Gasteiger partial charge >= 0.3 is 0 Å². The average Bonchev–Trinajstić information content (AvgIpc) is 2.26. The molecule has 18 heavy (non-hydrogen) atoms. The predicted octanol–water partition coefficient (Wildman–Crippen LogP) is 0.0314. The van der Waals surface area contributed by atoms with Crippen LogP contribution in [-0.4, -0.2) is 35.5 Å². The highest BCUT2D eigenvalue weighted by Crippen LogP contribution is 2.13. The van der Waals surface area contributed by atoms with Crippen molar-refractivity contribution in [1.29, 1.82) is 0 Å². The number of nitrogens with one attached hydrogen (secondary N) is 2. The fourth-order valence-corrected chi connectivity index (χ4v) is 1.49. The molecule has 0 unspecified atom stereocenters. The van der Waals surface area contributed by atoms with Gasteiger partial charge in [0.2, 0.25) is 5.91 Å². The zero-order chi connectivity index (χ0) is 13.7. The van der Waals surface area contributed by atoms with Crippen molar-refractivity contribution in [3.63, 3.8) is 0 Å². The molecule has 0 aromatic carbocycles. The van der Waals surface area contributed by atoms with E-state index in [1.54, 1.807) is 24.9 Å². The minimum Gasteiger partial charge on any atom is -0.352 e. The largest absolute Gasteiger partial charge is 0.352 e. The zero-order valence-electron chi connectivity index (χ0n) is 11.2. The summed E-state index contributed by atoms with van der Waals surface area (Å²) in [6.07, 6.45) is 0. The number of likely N-dealkylation sites (N-methyl/N-ethyl adjacent to an activating group) is 1. The van der Waals surface area contributed by atoms with Crippen LogP contribution in [0.15, 0.2) is 6.07 Å². The second-order valence-corrected chi connectivity index (χ2v) is 4.38. The van der Waals surface area contributed by atoms with Gasteiger partial charge < -0.3 is 15.6 Å². The van der Waals surface area contributed by atoms with E-state index in [0.29, 0.717) is 17.5 Å². The Balaban J connectivity index is 2.74. The normalized spacial score (nSPS) is 10.3. The van der Waals surface area contributed by atoms with Crippen LogP contribution in [0.4, 0.5) is 11.6 Å². The predicted molar refractivity (Wildman–Crippen MR) is 71.1 cm³/mol. The number of nitrogen functional groups attached to an aromatic ring is 1. The third-order valence-electron chi connectivity index (χ3n) is 2.19. The minimum atomic E-state index is -0.0500. The summed E-state index contributed by atoms with van der Waals surface area (Å²) in [5.41, 5.74) is 2.47. The molecule has 1 rings (SSSR count). The summed E-state index contributed by atoms with van der Waals surface area (Å²) in [6.45, 7) is 5.84. The molecule has 7 heteroatoms. The monoisotopic (exact) mass is 252 g/mol. The standard InChI is InChI=1S/C11H20N6O/c1-7(2)13-11(18)6-17(4)10-5-9(16-12)14-8(3)15-10/h5,7H,6,12H2,1-4H3,(H,13,18)(H,14,15,16). The van der Waals surface area contributed by atoms with Gasteiger partial charge in [-0.05, 0) is 20.8 Å². The molecule has 0 aliphatic heterocycles. The lowest BCUT2D eigenvalue weighted by atomic mass is 10.3. The first kappa shape index (κ1) is 14.2. The Bertz CT molecular complexity index is 420. The average molecular weight is 252 g/mol. The van der Waals surface area contributed by atoms with Crippen LogP contribution in [0.2, 0.25) is 0 Å². The highest BCUT2D eigenvalue weighted by atomic mass is 16.2. The number of aryl methyl sites for hydroxylation is 1. The molecule has 0 atom stereocenters. The molecular formula is C11H20N6O. The molecule has 0 saturated heterocycles. The number of carbonyl (C=O) groups is 1. The van der Waals surface area contributed by atoms with Crippen LogP contribution < -0.4 is 21.5 Å². The third kappa shape index (κ3) is 4.17. The van der Waals surface area contributed by atoms with Crippen LogP contribution in [0.25, 0.3) is 0 Å². The quantitative estimate of drug-likeness (QED) is 0.505. The number of hydrogen-bond acceptors (Lipinski definition) is 6. The Morgan fingerprint density at radius 3 is 2.72 bits per heavy atom. The molecule has 0 bridgehead atoms. The summed E-state index contributed by atoms with van der Waals surface area (Å²) in [7, 11) is 1.79. The van der Waals surface area contributed by atoms with Crippen molar-refractivity contribution in [2.24, 2.45) is 5.84 Å². The van der Waals surface area contributed by atoms with E-state index >= 15 is 0 Å². The van der Waals surface area contributed by atoms with Gasteiger partial charge in [0.15, 0.2) is 0 Å². The van der Waals surface area contributed by atoms with Crippen molar-refractivity contribution in [2.45, 2.75) is 26.8 Å². The Kier molecular flexibility index (Phi) is 4.85. The van der Waals surface area contributed by atoms with E-state index in [4.69, 9.17) is 5.84 Å². The maximum atomic E-state index is 11.6. The molecular weight excluding hydrogens is 232 g/mol. The maximum Gasteiger partial charge on any atom is 0.239 e. The van der Waals surface area contributed by atoms with Crippen molar-refractivity contribution in [2.75, 3.05) is 23.9 Å². The first-order chi connectivity index (χ1) is 8.42. The van der Waals surface area contributed by atoms with E-state index in [-0.39, 0.29) is 18.5 Å². The van der Waals surface area contributed by atoms with Gasteiger partial charge in [0.1, 0.15) is 17.5 Å². The van der Waals surface area contributed by atoms with Crippen LogP contribution in [0, 0.1) is 6.92 Å². The van der Waals surface area contributed by atoms with Crippen molar-refractivity contribution in [3.05, 3.63) is 11.9 Å². The first-order valence-corrected chi connectivity index (χ1v) is 5.75. The summed E-state index contributed by atoms with van der Waals surface area (Å²) >= 11 is 0. The summed E-state index contributed by atoms with van der Waals surface area (Å²) in [4.78, 5) is 21.7. The van der Waals surface area contributed by atoms with Gasteiger partial charge in [0.25, 0.3) is 0 Å². The third-order valence-corrected chi connectivity index (χ3v) is 2.19. The number of nitrogens with zero attached hydrogens (tertiary/aromatic N) is 3. The molecule has 1 amide bonds. The molecule has 1 aromatic heterocycles. The van der Waals surface area contributed by atoms with E-state index < -0.39 is 0 Å². The van der Waals surface area contributed by atoms with E-state index in [1.165, 1.54) is 0 Å². The van der Waals surface area contributed by atoms with Gasteiger partial charge in [-0.15, -0.1) is 0 Å². The molecule has 0 fully saturated rings. The SMILES string of the molecule is Cc1nc(NN)cc(N(C)CC(=O)NC(C)C)n1. The summed E-state index contributed by atoms with van der Waals surface area (Å²) < 4.78 is 0. The molecule has 0 radical (unpaired) electrons. The van der Waals surface area contributed by atoms with Gasteiger partial charge in [-0.25, -0.2) is 15.8 Å². The van der Waals surface area contributed by atoms with Gasteiger partial charge in [0.05, 0.1) is 6.54 Å². The first-order valence-electron chi connectivity index (χ1n) is 5.75. The van der Waals surface area contributed by atoms with Crippen LogP contribution >= 0.6 is 0 Å². The summed E-state index contributed by atoms with van der Waals surface area (Å²) in [5.74, 6) is 7.03. The fourth-order valence-electron chi connectivity index (χ4n) is 1.49. The van der Waals surface area contributed by atoms with Crippen molar-refractivity contribution in [3.8, 4) is 0 Å². The van der Waals surface area contributed by atoms with E-state index in [0.717, 1.165) is 0 Å². The lowest BCUT2D eigenvalue weighted by Crippen LogP contribution is -2.39. The van der Waals surface area contributed by atoms with Gasteiger partial charge in [-0.1, -0.05) is 0 Å². The van der Waals surface area contributed by atoms with E-state index in [2.05, 4.69) is 20.7 Å². The number of hydrazine groups is 1. The number of nitrogens with two attached hydrogens (primary N) is 1. The molecule has 7 nitrogen and oxygen atoms in total. The van der Waals surface area contributed by atoms with E-state index in [1.807, 2.05) is 13.8 Å². The van der Waals surface area contributed by atoms with Crippen LogP contribution in [0.1, 0.15) is 19.7 Å². The van der Waals surface area contributed by atoms with Crippen molar-refractivity contribution in [1.82, 2.24) is 15.3 Å². The molecule has 0 saturated carbocycles. The number of hydrogen-bond donors (Lipinski definition) is 3. The van der Waals surface area contributed by atoms with Gasteiger partial charge in [0, 0.05) is 19.2 Å². The molecule has 0 aliphatic carbocycles. The number of rotatable bonds is 5. The minimum absolute atomic E-state index is 0.0500. The van der Waals surface area contributed by atoms with E-state index in [9.17, 15) is 4.79 Å². The summed E-state index contributed by atoms with van der Waals surface area (Å²) in [5, 5.41) is 2.82. The lowest BCUT2D eigenvalue weighted by molar-refractivity contribution is -0.120. The number of anilines is 2. The second-order valence-electron chi connectivity index (χ2n) is 4.38. The summed E-state index contributed by atoms with van der Waals surface area (Å²) in [6, 6.07) is 1.81. The number of carbonyl (C=O) groups excluding carboxylic acids is 1. The molecule has 0 spiro atoms. The number of amides is 1.